The molecule has 1 atom stereocenters. The summed E-state index contributed by atoms with van der Waals surface area (Å²) in [6, 6.07) is 3.09. The highest BCUT2D eigenvalue weighted by Crippen LogP contribution is 2.54. The fourth-order valence-corrected chi connectivity index (χ4v) is 3.47. The lowest BCUT2D eigenvalue weighted by molar-refractivity contribution is -0.123. The SMILES string of the molecule is C[C@H](NC(=O)CN1C(=O)Nc2cccnc2C12CC2)c1ncc(F)cc1F. The van der Waals surface area contributed by atoms with Crippen LogP contribution in [0.4, 0.5) is 19.3 Å². The molecule has 0 radical (unpaired) electrons. The Bertz CT molecular complexity index is 932. The first-order valence-electron chi connectivity index (χ1n) is 8.55. The van der Waals surface area contributed by atoms with Crippen LogP contribution in [-0.2, 0) is 10.3 Å². The van der Waals surface area contributed by atoms with Crippen LogP contribution in [-0.4, -0.2) is 33.4 Å². The number of rotatable bonds is 4. The maximum atomic E-state index is 13.8. The van der Waals surface area contributed by atoms with E-state index >= 15 is 0 Å². The van der Waals surface area contributed by atoms with Crippen LogP contribution in [0.2, 0.25) is 0 Å². The van der Waals surface area contributed by atoms with Gasteiger partial charge in [0.25, 0.3) is 0 Å². The van der Waals surface area contributed by atoms with Gasteiger partial charge in [-0.1, -0.05) is 0 Å². The number of carbonyl (C=O) groups is 2. The van der Waals surface area contributed by atoms with Crippen molar-refractivity contribution in [3.8, 4) is 0 Å². The monoisotopic (exact) mass is 373 g/mol. The van der Waals surface area contributed by atoms with Gasteiger partial charge in [-0.25, -0.2) is 13.6 Å². The van der Waals surface area contributed by atoms with Crippen molar-refractivity contribution < 1.29 is 18.4 Å². The van der Waals surface area contributed by atoms with Crippen LogP contribution in [0.1, 0.15) is 37.2 Å². The van der Waals surface area contributed by atoms with Gasteiger partial charge < -0.3 is 15.5 Å². The molecule has 1 aliphatic heterocycles. The molecule has 7 nitrogen and oxygen atoms in total. The van der Waals surface area contributed by atoms with Crippen LogP contribution < -0.4 is 10.6 Å². The molecule has 0 saturated heterocycles. The minimum Gasteiger partial charge on any atom is -0.346 e. The minimum atomic E-state index is -0.838. The van der Waals surface area contributed by atoms with Gasteiger partial charge in [0.05, 0.1) is 34.9 Å². The molecular weight excluding hydrogens is 356 g/mol. The molecule has 9 heteroatoms. The molecule has 2 aliphatic rings. The zero-order valence-corrected chi connectivity index (χ0v) is 14.5. The first kappa shape index (κ1) is 17.3. The highest BCUT2D eigenvalue weighted by atomic mass is 19.1. The summed E-state index contributed by atoms with van der Waals surface area (Å²) < 4.78 is 26.8. The van der Waals surface area contributed by atoms with Crippen molar-refractivity contribution in [1.29, 1.82) is 0 Å². The quantitative estimate of drug-likeness (QED) is 0.862. The first-order chi connectivity index (χ1) is 12.9. The van der Waals surface area contributed by atoms with Crippen LogP contribution in [0.5, 0.6) is 0 Å². The number of fused-ring (bicyclic) bond motifs is 2. The Morgan fingerprint density at radius 1 is 1.41 bits per heavy atom. The molecule has 2 aromatic heterocycles. The van der Waals surface area contributed by atoms with E-state index in [4.69, 9.17) is 0 Å². The van der Waals surface area contributed by atoms with E-state index in [-0.39, 0.29) is 18.3 Å². The highest BCUT2D eigenvalue weighted by Gasteiger charge is 2.56. The third-order valence-electron chi connectivity index (χ3n) is 4.90. The Kier molecular flexibility index (Phi) is 4.01. The minimum absolute atomic E-state index is 0.0685. The van der Waals surface area contributed by atoms with Crippen LogP contribution in [0.3, 0.4) is 0 Å². The van der Waals surface area contributed by atoms with Crippen molar-refractivity contribution in [2.75, 3.05) is 11.9 Å². The second-order valence-electron chi connectivity index (χ2n) is 6.76. The normalized spacial score (nSPS) is 17.9. The molecule has 27 heavy (non-hydrogen) atoms. The summed E-state index contributed by atoms with van der Waals surface area (Å²) in [7, 11) is 0. The van der Waals surface area contributed by atoms with Gasteiger partial charge >= 0.3 is 6.03 Å². The highest BCUT2D eigenvalue weighted by molar-refractivity contribution is 5.96. The Hall–Kier alpha value is -3.10. The van der Waals surface area contributed by atoms with E-state index in [0.717, 1.165) is 24.7 Å². The fourth-order valence-electron chi connectivity index (χ4n) is 3.47. The predicted molar refractivity (Wildman–Crippen MR) is 91.6 cm³/mol. The average Bonchev–Trinajstić information content (AvgIpc) is 3.40. The van der Waals surface area contributed by atoms with Gasteiger partial charge in [-0.05, 0) is 31.9 Å². The lowest BCUT2D eigenvalue weighted by atomic mass is 10.0. The smallest absolute Gasteiger partial charge is 0.323 e. The average molecular weight is 373 g/mol. The number of hydrogen-bond acceptors (Lipinski definition) is 4. The molecule has 1 saturated carbocycles. The van der Waals surface area contributed by atoms with Gasteiger partial charge in [0.2, 0.25) is 5.91 Å². The van der Waals surface area contributed by atoms with Gasteiger partial charge in [0, 0.05) is 12.3 Å². The lowest BCUT2D eigenvalue weighted by Crippen LogP contribution is -2.52. The van der Waals surface area contributed by atoms with E-state index in [9.17, 15) is 18.4 Å². The Morgan fingerprint density at radius 3 is 2.89 bits per heavy atom. The number of carbonyl (C=O) groups excluding carboxylic acids is 2. The zero-order chi connectivity index (χ0) is 19.2. The van der Waals surface area contributed by atoms with E-state index in [1.165, 1.54) is 4.90 Å². The molecule has 4 rings (SSSR count). The van der Waals surface area contributed by atoms with Crippen LogP contribution in [0, 0.1) is 11.6 Å². The molecule has 2 N–H and O–H groups in total. The molecule has 1 fully saturated rings. The number of nitrogens with zero attached hydrogens (tertiary/aromatic N) is 3. The molecule has 3 heterocycles. The van der Waals surface area contributed by atoms with Gasteiger partial charge in [0.15, 0.2) is 0 Å². The third-order valence-corrected chi connectivity index (χ3v) is 4.90. The van der Waals surface area contributed by atoms with Crippen LogP contribution in [0.25, 0.3) is 0 Å². The van der Waals surface area contributed by atoms with Gasteiger partial charge in [-0.2, -0.15) is 0 Å². The third kappa shape index (κ3) is 2.98. The number of nitrogens with one attached hydrogen (secondary N) is 2. The van der Waals surface area contributed by atoms with E-state index in [2.05, 4.69) is 20.6 Å². The summed E-state index contributed by atoms with van der Waals surface area (Å²) in [4.78, 5) is 34.5. The fraction of sp³-hybridized carbons (Fsp3) is 0.333. The standard InChI is InChI=1S/C18H17F2N5O2/c1-10(15-12(20)7-11(19)8-22-15)23-14(26)9-25-17(27)24-13-3-2-6-21-16(13)18(25)4-5-18/h2-3,6-8,10H,4-5,9H2,1H3,(H,23,26)(H,24,27)/t10-/m0/s1. The number of urea groups is 1. The molecular formula is C18H17F2N5O2. The topological polar surface area (TPSA) is 87.2 Å². The van der Waals surface area contributed by atoms with Crippen LogP contribution >= 0.6 is 0 Å². The van der Waals surface area contributed by atoms with Gasteiger partial charge in [-0.15, -0.1) is 0 Å². The van der Waals surface area contributed by atoms with E-state index in [1.54, 1.807) is 25.3 Å². The molecule has 1 aliphatic carbocycles. The molecule has 0 bridgehead atoms. The molecule has 140 valence electrons. The Labute approximate surface area is 153 Å². The number of anilines is 1. The number of hydrogen-bond donors (Lipinski definition) is 2. The Morgan fingerprint density at radius 2 is 2.19 bits per heavy atom. The number of aromatic nitrogens is 2. The van der Waals surface area contributed by atoms with Crippen molar-refractivity contribution in [2.45, 2.75) is 31.3 Å². The number of halogens is 2. The van der Waals surface area contributed by atoms with E-state index < -0.39 is 29.1 Å². The summed E-state index contributed by atoms with van der Waals surface area (Å²) in [5.74, 6) is -2.09. The van der Waals surface area contributed by atoms with E-state index in [1.807, 2.05) is 0 Å². The van der Waals surface area contributed by atoms with Crippen molar-refractivity contribution >= 4 is 17.6 Å². The molecule has 0 aromatic carbocycles. The summed E-state index contributed by atoms with van der Waals surface area (Å²) >= 11 is 0. The molecule has 1 spiro atoms. The van der Waals surface area contributed by atoms with Gasteiger partial charge in [0.1, 0.15) is 18.2 Å². The maximum Gasteiger partial charge on any atom is 0.323 e. The van der Waals surface area contributed by atoms with Crippen molar-refractivity contribution in [1.82, 2.24) is 20.2 Å². The summed E-state index contributed by atoms with van der Waals surface area (Å²) in [5, 5.41) is 5.35. The second kappa shape index (κ2) is 6.26. The first-order valence-corrected chi connectivity index (χ1v) is 8.55. The molecule has 3 amide bonds. The van der Waals surface area contributed by atoms with Crippen molar-refractivity contribution in [3.63, 3.8) is 0 Å². The summed E-state index contributed by atoms with van der Waals surface area (Å²) in [6.07, 6.45) is 3.99. The lowest BCUT2D eigenvalue weighted by Gasteiger charge is -2.36. The maximum absolute atomic E-state index is 13.8. The summed E-state index contributed by atoms with van der Waals surface area (Å²) in [5.41, 5.74) is 0.763. The second-order valence-corrected chi connectivity index (χ2v) is 6.76. The summed E-state index contributed by atoms with van der Waals surface area (Å²) in [6.45, 7) is 1.34. The van der Waals surface area contributed by atoms with Crippen molar-refractivity contribution in [3.05, 3.63) is 53.6 Å². The largest absolute Gasteiger partial charge is 0.346 e. The predicted octanol–water partition coefficient (Wildman–Crippen LogP) is 2.47. The Balaban J connectivity index is 1.49. The zero-order valence-electron chi connectivity index (χ0n) is 14.5. The number of amides is 3. The van der Waals surface area contributed by atoms with Gasteiger partial charge in [-0.3, -0.25) is 14.8 Å². The molecule has 0 unspecified atom stereocenters. The van der Waals surface area contributed by atoms with E-state index in [0.29, 0.717) is 11.8 Å². The van der Waals surface area contributed by atoms with Crippen LogP contribution in [0.15, 0.2) is 30.6 Å². The number of pyridine rings is 2. The molecule has 2 aromatic rings. The van der Waals surface area contributed by atoms with Crippen molar-refractivity contribution in [2.24, 2.45) is 0 Å².